The van der Waals surface area contributed by atoms with E-state index in [-0.39, 0.29) is 11.3 Å². The fourth-order valence-corrected chi connectivity index (χ4v) is 2.95. The molecular formula is C15H22N2O. The highest BCUT2D eigenvalue weighted by molar-refractivity contribution is 5.97. The minimum Gasteiger partial charge on any atom is -0.311 e. The van der Waals surface area contributed by atoms with Crippen LogP contribution in [0.2, 0.25) is 0 Å². The first-order valence-electron chi connectivity index (χ1n) is 6.73. The van der Waals surface area contributed by atoms with Crippen molar-refractivity contribution in [3.63, 3.8) is 0 Å². The molecule has 1 aliphatic rings. The Morgan fingerprint density at radius 2 is 2.00 bits per heavy atom. The van der Waals surface area contributed by atoms with Crippen LogP contribution in [0, 0.1) is 0 Å². The first-order valence-corrected chi connectivity index (χ1v) is 6.73. The van der Waals surface area contributed by atoms with Gasteiger partial charge in [-0.15, -0.1) is 0 Å². The maximum absolute atomic E-state index is 12.2. The van der Waals surface area contributed by atoms with Gasteiger partial charge in [-0.25, -0.2) is 0 Å². The van der Waals surface area contributed by atoms with E-state index in [1.165, 1.54) is 5.56 Å². The van der Waals surface area contributed by atoms with Crippen LogP contribution in [0.15, 0.2) is 24.3 Å². The first kappa shape index (κ1) is 13.1. The number of hydrogen-bond donors (Lipinski definition) is 1. The molecule has 1 aliphatic heterocycles. The summed E-state index contributed by atoms with van der Waals surface area (Å²) in [5.74, 6) is 0.161. The van der Waals surface area contributed by atoms with Gasteiger partial charge in [0.25, 0.3) is 0 Å². The van der Waals surface area contributed by atoms with E-state index in [9.17, 15) is 4.79 Å². The van der Waals surface area contributed by atoms with E-state index in [0.717, 1.165) is 25.1 Å². The maximum Gasteiger partial charge on any atom is 0.240 e. The van der Waals surface area contributed by atoms with Gasteiger partial charge in [0.15, 0.2) is 0 Å². The van der Waals surface area contributed by atoms with Gasteiger partial charge in [-0.3, -0.25) is 4.79 Å². The Labute approximate surface area is 109 Å². The molecule has 1 aromatic rings. The van der Waals surface area contributed by atoms with E-state index in [1.807, 2.05) is 18.0 Å². The minimum atomic E-state index is 0.139. The molecule has 1 N–H and O–H groups in total. The van der Waals surface area contributed by atoms with Crippen molar-refractivity contribution in [1.82, 2.24) is 5.32 Å². The normalized spacial score (nSPS) is 16.7. The fourth-order valence-electron chi connectivity index (χ4n) is 2.95. The summed E-state index contributed by atoms with van der Waals surface area (Å²) >= 11 is 0. The predicted molar refractivity (Wildman–Crippen MR) is 75.0 cm³/mol. The summed E-state index contributed by atoms with van der Waals surface area (Å²) in [6.45, 7) is 5.65. The molecule has 2 rings (SSSR count). The maximum atomic E-state index is 12.2. The number of carbonyl (C=O) groups is 1. The third-order valence-electron chi connectivity index (χ3n) is 4.21. The molecule has 0 spiro atoms. The third kappa shape index (κ3) is 1.93. The number of rotatable bonds is 4. The Kier molecular flexibility index (Phi) is 3.71. The van der Waals surface area contributed by atoms with Gasteiger partial charge in [-0.2, -0.15) is 0 Å². The number of hydrogen-bond acceptors (Lipinski definition) is 2. The highest BCUT2D eigenvalue weighted by atomic mass is 16.2. The average Bonchev–Trinajstić information content (AvgIpc) is 2.75. The van der Waals surface area contributed by atoms with Crippen molar-refractivity contribution in [3.8, 4) is 0 Å². The summed E-state index contributed by atoms with van der Waals surface area (Å²) in [4.78, 5) is 14.1. The Morgan fingerprint density at radius 3 is 2.61 bits per heavy atom. The highest BCUT2D eigenvalue weighted by Crippen LogP contribution is 2.44. The molecule has 0 unspecified atom stereocenters. The van der Waals surface area contributed by atoms with Gasteiger partial charge in [0.05, 0.1) is 6.54 Å². The number of nitrogens with zero attached hydrogens (tertiary/aromatic N) is 1. The van der Waals surface area contributed by atoms with E-state index < -0.39 is 0 Å². The molecule has 3 heteroatoms. The summed E-state index contributed by atoms with van der Waals surface area (Å²) < 4.78 is 0. The number of likely N-dealkylation sites (N-methyl/N-ethyl adjacent to an activating group) is 1. The molecule has 18 heavy (non-hydrogen) atoms. The lowest BCUT2D eigenvalue weighted by atomic mass is 9.78. The molecule has 1 amide bonds. The van der Waals surface area contributed by atoms with E-state index in [1.54, 1.807) is 0 Å². The van der Waals surface area contributed by atoms with Crippen molar-refractivity contribution in [3.05, 3.63) is 29.8 Å². The van der Waals surface area contributed by atoms with E-state index in [2.05, 4.69) is 37.4 Å². The molecule has 3 nitrogen and oxygen atoms in total. The zero-order valence-electron chi connectivity index (χ0n) is 11.5. The lowest BCUT2D eigenvalue weighted by Gasteiger charge is -2.27. The van der Waals surface area contributed by atoms with Crippen LogP contribution in [0.4, 0.5) is 5.69 Å². The second-order valence-electron chi connectivity index (χ2n) is 5.01. The van der Waals surface area contributed by atoms with Crippen molar-refractivity contribution in [2.24, 2.45) is 0 Å². The SMILES string of the molecule is CCC1(CC)CN(C(=O)CNC)c2ccccc21. The molecule has 0 radical (unpaired) electrons. The molecular weight excluding hydrogens is 224 g/mol. The van der Waals surface area contributed by atoms with Crippen molar-refractivity contribution < 1.29 is 4.79 Å². The number of benzene rings is 1. The van der Waals surface area contributed by atoms with Crippen LogP contribution in [-0.4, -0.2) is 26.0 Å². The standard InChI is InChI=1S/C15H22N2O/c1-4-15(5-2)11-17(14(18)10-16-3)13-9-7-6-8-12(13)15/h6-9,16H,4-5,10-11H2,1-3H3. The molecule has 0 atom stereocenters. The van der Waals surface area contributed by atoms with Crippen molar-refractivity contribution in [2.45, 2.75) is 32.1 Å². The van der Waals surface area contributed by atoms with E-state index in [0.29, 0.717) is 6.54 Å². The number of amides is 1. The van der Waals surface area contributed by atoms with Gasteiger partial charge in [0.2, 0.25) is 5.91 Å². The fraction of sp³-hybridized carbons (Fsp3) is 0.533. The Bertz CT molecular complexity index is 438. The van der Waals surface area contributed by atoms with Crippen molar-refractivity contribution >= 4 is 11.6 Å². The van der Waals surface area contributed by atoms with Crippen LogP contribution in [0.5, 0.6) is 0 Å². The van der Waals surface area contributed by atoms with Gasteiger partial charge in [0, 0.05) is 17.6 Å². The Hall–Kier alpha value is -1.35. The van der Waals surface area contributed by atoms with Gasteiger partial charge in [-0.05, 0) is 31.5 Å². The lowest BCUT2D eigenvalue weighted by Crippen LogP contribution is -2.40. The molecule has 0 aromatic heterocycles. The van der Waals surface area contributed by atoms with Crippen molar-refractivity contribution in [2.75, 3.05) is 25.0 Å². The van der Waals surface area contributed by atoms with Crippen LogP contribution in [0.1, 0.15) is 32.3 Å². The zero-order chi connectivity index (χ0) is 13.2. The predicted octanol–water partition coefficient (Wildman–Crippen LogP) is 2.31. The van der Waals surface area contributed by atoms with Crippen LogP contribution in [0.25, 0.3) is 0 Å². The molecule has 0 saturated heterocycles. The highest BCUT2D eigenvalue weighted by Gasteiger charge is 2.41. The van der Waals surface area contributed by atoms with E-state index >= 15 is 0 Å². The molecule has 98 valence electrons. The number of fused-ring (bicyclic) bond motifs is 1. The summed E-state index contributed by atoms with van der Waals surface area (Å²) in [6, 6.07) is 8.33. The topological polar surface area (TPSA) is 32.3 Å². The summed E-state index contributed by atoms with van der Waals surface area (Å²) in [7, 11) is 1.81. The number of nitrogens with one attached hydrogen (secondary N) is 1. The van der Waals surface area contributed by atoms with E-state index in [4.69, 9.17) is 0 Å². The number of carbonyl (C=O) groups excluding carboxylic acids is 1. The Balaban J connectivity index is 2.42. The summed E-state index contributed by atoms with van der Waals surface area (Å²) in [5, 5.41) is 2.95. The van der Waals surface area contributed by atoms with Crippen molar-refractivity contribution in [1.29, 1.82) is 0 Å². The third-order valence-corrected chi connectivity index (χ3v) is 4.21. The smallest absolute Gasteiger partial charge is 0.240 e. The monoisotopic (exact) mass is 246 g/mol. The second-order valence-corrected chi connectivity index (χ2v) is 5.01. The molecule has 0 fully saturated rings. The van der Waals surface area contributed by atoms with Crippen LogP contribution in [-0.2, 0) is 10.2 Å². The average molecular weight is 246 g/mol. The molecule has 1 heterocycles. The molecule has 0 bridgehead atoms. The van der Waals surface area contributed by atoms with Gasteiger partial charge in [0.1, 0.15) is 0 Å². The largest absolute Gasteiger partial charge is 0.311 e. The van der Waals surface area contributed by atoms with Gasteiger partial charge in [-0.1, -0.05) is 32.0 Å². The lowest BCUT2D eigenvalue weighted by molar-refractivity contribution is -0.117. The van der Waals surface area contributed by atoms with Crippen LogP contribution < -0.4 is 10.2 Å². The quantitative estimate of drug-likeness (QED) is 0.884. The number of para-hydroxylation sites is 1. The zero-order valence-corrected chi connectivity index (χ0v) is 11.5. The van der Waals surface area contributed by atoms with Crippen LogP contribution >= 0.6 is 0 Å². The second kappa shape index (κ2) is 5.11. The molecule has 0 aliphatic carbocycles. The van der Waals surface area contributed by atoms with Crippen LogP contribution in [0.3, 0.4) is 0 Å². The minimum absolute atomic E-state index is 0.139. The van der Waals surface area contributed by atoms with Gasteiger partial charge < -0.3 is 10.2 Å². The molecule has 1 aromatic carbocycles. The Morgan fingerprint density at radius 1 is 1.33 bits per heavy atom. The summed E-state index contributed by atoms with van der Waals surface area (Å²) in [5.41, 5.74) is 2.57. The summed E-state index contributed by atoms with van der Waals surface area (Å²) in [6.07, 6.45) is 2.15. The first-order chi connectivity index (χ1) is 8.68. The molecule has 0 saturated carbocycles. The number of anilines is 1. The van der Waals surface area contributed by atoms with Gasteiger partial charge >= 0.3 is 0 Å².